The van der Waals surface area contributed by atoms with Crippen LogP contribution in [0.3, 0.4) is 0 Å². The lowest BCUT2D eigenvalue weighted by atomic mass is 10.1. The molecule has 0 amide bonds. The van der Waals surface area contributed by atoms with Crippen molar-refractivity contribution in [2.75, 3.05) is 18.5 Å². The lowest BCUT2D eigenvalue weighted by molar-refractivity contribution is 0.0698. The first-order valence-electron chi connectivity index (χ1n) is 6.62. The molecule has 4 nitrogen and oxygen atoms in total. The first-order valence-corrected chi connectivity index (χ1v) is 7.00. The summed E-state index contributed by atoms with van der Waals surface area (Å²) in [7, 11) is 0. The Morgan fingerprint density at radius 3 is 2.62 bits per heavy atom. The second-order valence-electron chi connectivity index (χ2n) is 4.41. The molecule has 2 aromatic carbocycles. The summed E-state index contributed by atoms with van der Waals surface area (Å²) >= 11 is 5.90. The first-order chi connectivity index (χ1) is 10.2. The number of hydrogen-bond donors (Lipinski definition) is 2. The second-order valence-corrected chi connectivity index (χ2v) is 4.82. The topological polar surface area (TPSA) is 58.6 Å². The van der Waals surface area contributed by atoms with E-state index < -0.39 is 5.97 Å². The Morgan fingerprint density at radius 1 is 1.14 bits per heavy atom. The molecule has 0 spiro atoms. The molecule has 0 aliphatic heterocycles. The number of carboxylic acids is 1. The number of ether oxygens (including phenoxy) is 1. The van der Waals surface area contributed by atoms with Gasteiger partial charge in [-0.2, -0.15) is 0 Å². The van der Waals surface area contributed by atoms with Gasteiger partial charge in [0.1, 0.15) is 11.3 Å². The van der Waals surface area contributed by atoms with Crippen LogP contribution in [0.1, 0.15) is 16.8 Å². The standard InChI is InChI=1S/C16H16ClNO3/c17-13-8-4-9-14(15(13)16(19)20)18-10-5-11-21-12-6-2-1-3-7-12/h1-4,6-9,18H,5,10-11H2,(H,19,20). The largest absolute Gasteiger partial charge is 0.494 e. The molecular formula is C16H16ClNO3. The molecule has 2 rings (SSSR count). The Bertz CT molecular complexity index is 602. The van der Waals surface area contributed by atoms with Gasteiger partial charge in [0.2, 0.25) is 0 Å². The number of nitrogens with one attached hydrogen (secondary N) is 1. The van der Waals surface area contributed by atoms with Crippen LogP contribution >= 0.6 is 11.6 Å². The summed E-state index contributed by atoms with van der Waals surface area (Å²) in [6.45, 7) is 1.16. The highest BCUT2D eigenvalue weighted by molar-refractivity contribution is 6.34. The molecule has 0 aromatic heterocycles. The summed E-state index contributed by atoms with van der Waals surface area (Å²) in [5.74, 6) is -0.213. The van der Waals surface area contributed by atoms with Crippen LogP contribution in [0.4, 0.5) is 5.69 Å². The van der Waals surface area contributed by atoms with Crippen LogP contribution in [0.2, 0.25) is 5.02 Å². The quantitative estimate of drug-likeness (QED) is 0.761. The molecule has 0 radical (unpaired) electrons. The van der Waals surface area contributed by atoms with Gasteiger partial charge in [0, 0.05) is 6.54 Å². The predicted octanol–water partition coefficient (Wildman–Crippen LogP) is 3.92. The molecule has 110 valence electrons. The third-order valence-electron chi connectivity index (χ3n) is 2.88. The fourth-order valence-electron chi connectivity index (χ4n) is 1.89. The molecule has 0 saturated heterocycles. The van der Waals surface area contributed by atoms with Crippen molar-refractivity contribution in [1.82, 2.24) is 0 Å². The summed E-state index contributed by atoms with van der Waals surface area (Å²) in [5, 5.41) is 12.5. The Hall–Kier alpha value is -2.20. The zero-order valence-corrected chi connectivity index (χ0v) is 12.1. The van der Waals surface area contributed by atoms with E-state index in [9.17, 15) is 4.79 Å². The number of carbonyl (C=O) groups is 1. The van der Waals surface area contributed by atoms with Crippen molar-refractivity contribution in [3.05, 3.63) is 59.1 Å². The smallest absolute Gasteiger partial charge is 0.339 e. The average molecular weight is 306 g/mol. The lowest BCUT2D eigenvalue weighted by Gasteiger charge is -2.11. The minimum Gasteiger partial charge on any atom is -0.494 e. The van der Waals surface area contributed by atoms with Crippen LogP contribution in [0.25, 0.3) is 0 Å². The van der Waals surface area contributed by atoms with Gasteiger partial charge < -0.3 is 15.2 Å². The summed E-state index contributed by atoms with van der Waals surface area (Å²) in [5.41, 5.74) is 0.623. The second kappa shape index (κ2) is 7.55. The van der Waals surface area contributed by atoms with Crippen molar-refractivity contribution in [3.63, 3.8) is 0 Å². The van der Waals surface area contributed by atoms with Crippen molar-refractivity contribution in [2.45, 2.75) is 6.42 Å². The van der Waals surface area contributed by atoms with Crippen molar-refractivity contribution in [3.8, 4) is 5.75 Å². The molecule has 0 fully saturated rings. The number of carboxylic acid groups (broad SMARTS) is 1. The maximum absolute atomic E-state index is 11.2. The van der Waals surface area contributed by atoms with E-state index in [-0.39, 0.29) is 10.6 Å². The molecule has 0 heterocycles. The molecule has 21 heavy (non-hydrogen) atoms. The minimum atomic E-state index is -1.04. The van der Waals surface area contributed by atoms with Crippen LogP contribution < -0.4 is 10.1 Å². The highest BCUT2D eigenvalue weighted by Crippen LogP contribution is 2.24. The van der Waals surface area contributed by atoms with Gasteiger partial charge in [-0.05, 0) is 30.7 Å². The SMILES string of the molecule is O=C(O)c1c(Cl)cccc1NCCCOc1ccccc1. The maximum atomic E-state index is 11.2. The fourth-order valence-corrected chi connectivity index (χ4v) is 2.15. The Balaban J connectivity index is 1.81. The first kappa shape index (κ1) is 15.2. The zero-order valence-electron chi connectivity index (χ0n) is 11.4. The van der Waals surface area contributed by atoms with Crippen molar-refractivity contribution >= 4 is 23.3 Å². The van der Waals surface area contributed by atoms with Gasteiger partial charge in [-0.3, -0.25) is 0 Å². The molecule has 0 atom stereocenters. The van der Waals surface area contributed by atoms with Crippen molar-refractivity contribution in [1.29, 1.82) is 0 Å². The van der Waals surface area contributed by atoms with Crippen molar-refractivity contribution < 1.29 is 14.6 Å². The molecule has 0 aliphatic rings. The van der Waals surface area contributed by atoms with E-state index in [2.05, 4.69) is 5.32 Å². The molecule has 2 aromatic rings. The molecule has 0 saturated carbocycles. The van der Waals surface area contributed by atoms with Crippen LogP contribution in [0.5, 0.6) is 5.75 Å². The summed E-state index contributed by atoms with van der Waals surface area (Å²) < 4.78 is 5.56. The molecule has 5 heteroatoms. The third kappa shape index (κ3) is 4.39. The van der Waals surface area contributed by atoms with Gasteiger partial charge in [0.05, 0.1) is 17.3 Å². The fraction of sp³-hybridized carbons (Fsp3) is 0.188. The van der Waals surface area contributed by atoms with E-state index in [0.29, 0.717) is 18.8 Å². The third-order valence-corrected chi connectivity index (χ3v) is 3.19. The van der Waals surface area contributed by atoms with Gasteiger partial charge >= 0.3 is 5.97 Å². The lowest BCUT2D eigenvalue weighted by Crippen LogP contribution is -2.11. The zero-order chi connectivity index (χ0) is 15.1. The highest BCUT2D eigenvalue weighted by Gasteiger charge is 2.13. The molecule has 0 aliphatic carbocycles. The Labute approximate surface area is 128 Å². The summed E-state index contributed by atoms with van der Waals surface area (Å²) in [4.78, 5) is 11.2. The van der Waals surface area contributed by atoms with E-state index in [1.807, 2.05) is 30.3 Å². The molecule has 0 bridgehead atoms. The summed E-state index contributed by atoms with van der Waals surface area (Å²) in [6.07, 6.45) is 0.750. The number of halogens is 1. The van der Waals surface area contributed by atoms with Gasteiger partial charge in [0.25, 0.3) is 0 Å². The Morgan fingerprint density at radius 2 is 1.90 bits per heavy atom. The van der Waals surface area contributed by atoms with Crippen LogP contribution in [0, 0.1) is 0 Å². The normalized spacial score (nSPS) is 10.1. The minimum absolute atomic E-state index is 0.100. The number of hydrogen-bond acceptors (Lipinski definition) is 3. The Kier molecular flexibility index (Phi) is 5.46. The van der Waals surface area contributed by atoms with Crippen LogP contribution in [-0.4, -0.2) is 24.2 Å². The van der Waals surface area contributed by atoms with Crippen LogP contribution in [-0.2, 0) is 0 Å². The van der Waals surface area contributed by atoms with Gasteiger partial charge in [0.15, 0.2) is 0 Å². The van der Waals surface area contributed by atoms with E-state index in [0.717, 1.165) is 12.2 Å². The predicted molar refractivity (Wildman–Crippen MR) is 83.5 cm³/mol. The molecular weight excluding hydrogens is 290 g/mol. The van der Waals surface area contributed by atoms with Gasteiger partial charge in [-0.15, -0.1) is 0 Å². The van der Waals surface area contributed by atoms with E-state index in [4.69, 9.17) is 21.4 Å². The van der Waals surface area contributed by atoms with E-state index in [1.54, 1.807) is 18.2 Å². The average Bonchev–Trinajstić information content (AvgIpc) is 2.47. The number of aromatic carboxylic acids is 1. The van der Waals surface area contributed by atoms with E-state index >= 15 is 0 Å². The van der Waals surface area contributed by atoms with Gasteiger partial charge in [-0.25, -0.2) is 4.79 Å². The van der Waals surface area contributed by atoms with Gasteiger partial charge in [-0.1, -0.05) is 35.9 Å². The number of anilines is 1. The monoisotopic (exact) mass is 305 g/mol. The highest BCUT2D eigenvalue weighted by atomic mass is 35.5. The molecule has 2 N–H and O–H groups in total. The number of benzene rings is 2. The van der Waals surface area contributed by atoms with E-state index in [1.165, 1.54) is 0 Å². The number of para-hydroxylation sites is 1. The summed E-state index contributed by atoms with van der Waals surface area (Å²) in [6, 6.07) is 14.5. The van der Waals surface area contributed by atoms with Crippen molar-refractivity contribution in [2.24, 2.45) is 0 Å². The maximum Gasteiger partial charge on any atom is 0.339 e. The number of rotatable bonds is 7. The van der Waals surface area contributed by atoms with Crippen LogP contribution in [0.15, 0.2) is 48.5 Å². The molecule has 0 unspecified atom stereocenters.